The zero-order valence-electron chi connectivity index (χ0n) is 17.1. The van der Waals surface area contributed by atoms with Gasteiger partial charge >= 0.3 is 0 Å². The van der Waals surface area contributed by atoms with Crippen molar-refractivity contribution in [2.24, 2.45) is 0 Å². The van der Waals surface area contributed by atoms with Crippen LogP contribution in [0.15, 0.2) is 42.6 Å². The number of nitrogens with zero attached hydrogens (tertiary/aromatic N) is 2. The molecule has 1 unspecified atom stereocenters. The van der Waals surface area contributed by atoms with Gasteiger partial charge in [-0.25, -0.2) is 8.78 Å². The first-order valence-corrected chi connectivity index (χ1v) is 10.0. The predicted molar refractivity (Wildman–Crippen MR) is 111 cm³/mol. The Balaban J connectivity index is 1.57. The molecule has 2 heterocycles. The Morgan fingerprint density at radius 1 is 1.10 bits per heavy atom. The highest BCUT2D eigenvalue weighted by molar-refractivity contribution is 5.66. The molecule has 7 heteroatoms. The number of hydrogen-bond acceptors (Lipinski definition) is 4. The van der Waals surface area contributed by atoms with Crippen molar-refractivity contribution in [1.29, 1.82) is 0 Å². The summed E-state index contributed by atoms with van der Waals surface area (Å²) >= 11 is 0. The normalized spacial score (nSPS) is 17.1. The van der Waals surface area contributed by atoms with Gasteiger partial charge in [-0.1, -0.05) is 6.07 Å². The molecule has 0 spiro atoms. The molecule has 1 aromatic heterocycles. The first-order valence-electron chi connectivity index (χ1n) is 10.0. The molecule has 30 heavy (non-hydrogen) atoms. The molecule has 0 aliphatic carbocycles. The number of benzene rings is 2. The van der Waals surface area contributed by atoms with E-state index in [1.54, 1.807) is 20.4 Å². The van der Waals surface area contributed by atoms with Gasteiger partial charge in [0, 0.05) is 41.9 Å². The summed E-state index contributed by atoms with van der Waals surface area (Å²) in [5.41, 5.74) is 2.95. The number of methoxy groups -OCH3 is 2. The molecular formula is C23H25F2N3O2. The summed E-state index contributed by atoms with van der Waals surface area (Å²) in [6.07, 6.45) is 3.60. The van der Waals surface area contributed by atoms with Crippen molar-refractivity contribution >= 4 is 0 Å². The molecule has 0 saturated carbocycles. The summed E-state index contributed by atoms with van der Waals surface area (Å²) in [5, 5.41) is 7.22. The van der Waals surface area contributed by atoms with Crippen LogP contribution in [0.2, 0.25) is 0 Å². The fourth-order valence-electron chi connectivity index (χ4n) is 4.27. The van der Waals surface area contributed by atoms with Crippen LogP contribution in [0.3, 0.4) is 0 Å². The van der Waals surface area contributed by atoms with E-state index in [0.29, 0.717) is 17.7 Å². The van der Waals surface area contributed by atoms with Gasteiger partial charge in [0.15, 0.2) is 0 Å². The van der Waals surface area contributed by atoms with Crippen LogP contribution in [0.1, 0.15) is 30.0 Å². The van der Waals surface area contributed by atoms with Crippen LogP contribution in [-0.2, 0) is 6.54 Å². The number of hydrogen-bond donors (Lipinski definition) is 1. The summed E-state index contributed by atoms with van der Waals surface area (Å²) in [4.78, 5) is 2.35. The standard InChI is InChI=1S/C23H25F2N3O2/c1-29-21-6-3-7-22(30-2)19(21)14-28-10-4-5-15(13-28)23-18(12-26-27-23)17-9-8-16(24)11-20(17)25/h3,6-9,11-12,15H,4-5,10,13-14H2,1-2H3,(H,26,27). The van der Waals surface area contributed by atoms with Gasteiger partial charge in [0.25, 0.3) is 0 Å². The van der Waals surface area contributed by atoms with Crippen LogP contribution >= 0.6 is 0 Å². The van der Waals surface area contributed by atoms with E-state index >= 15 is 0 Å². The highest BCUT2D eigenvalue weighted by Crippen LogP contribution is 2.36. The molecule has 2 aromatic carbocycles. The van der Waals surface area contributed by atoms with Crippen LogP contribution in [0.25, 0.3) is 11.1 Å². The Kier molecular flexibility index (Phi) is 5.99. The second kappa shape index (κ2) is 8.83. The Bertz CT molecular complexity index is 999. The quantitative estimate of drug-likeness (QED) is 0.634. The van der Waals surface area contributed by atoms with E-state index in [9.17, 15) is 8.78 Å². The van der Waals surface area contributed by atoms with E-state index in [2.05, 4.69) is 15.1 Å². The van der Waals surface area contributed by atoms with Gasteiger partial charge in [-0.05, 0) is 43.7 Å². The third kappa shape index (κ3) is 4.03. The largest absolute Gasteiger partial charge is 0.496 e. The van der Waals surface area contributed by atoms with Crippen molar-refractivity contribution in [3.8, 4) is 22.6 Å². The van der Waals surface area contributed by atoms with Crippen molar-refractivity contribution in [1.82, 2.24) is 15.1 Å². The minimum Gasteiger partial charge on any atom is -0.496 e. The number of halogens is 2. The summed E-state index contributed by atoms with van der Waals surface area (Å²) in [7, 11) is 3.32. The van der Waals surface area contributed by atoms with Crippen molar-refractivity contribution in [3.63, 3.8) is 0 Å². The highest BCUT2D eigenvalue weighted by Gasteiger charge is 2.27. The van der Waals surface area contributed by atoms with Crippen molar-refractivity contribution in [2.75, 3.05) is 27.3 Å². The minimum atomic E-state index is -0.587. The Morgan fingerprint density at radius 3 is 2.57 bits per heavy atom. The summed E-state index contributed by atoms with van der Waals surface area (Å²) < 4.78 is 38.8. The van der Waals surface area contributed by atoms with E-state index in [4.69, 9.17) is 9.47 Å². The van der Waals surface area contributed by atoms with Gasteiger partial charge in [0.2, 0.25) is 0 Å². The molecule has 3 aromatic rings. The summed E-state index contributed by atoms with van der Waals surface area (Å²) in [6.45, 7) is 2.43. The van der Waals surface area contributed by atoms with Crippen LogP contribution in [0, 0.1) is 11.6 Å². The minimum absolute atomic E-state index is 0.168. The molecule has 0 bridgehead atoms. The maximum atomic E-state index is 14.4. The molecule has 1 N–H and O–H groups in total. The number of piperidine rings is 1. The summed E-state index contributed by atoms with van der Waals surface area (Å²) in [5.74, 6) is 0.598. The third-order valence-electron chi connectivity index (χ3n) is 5.72. The predicted octanol–water partition coefficient (Wildman–Crippen LogP) is 4.75. The lowest BCUT2D eigenvalue weighted by Crippen LogP contribution is -2.34. The lowest BCUT2D eigenvalue weighted by Gasteiger charge is -2.33. The maximum Gasteiger partial charge on any atom is 0.134 e. The molecule has 4 rings (SSSR count). The number of ether oxygens (including phenoxy) is 2. The summed E-state index contributed by atoms with van der Waals surface area (Å²) in [6, 6.07) is 9.43. The molecule has 5 nitrogen and oxygen atoms in total. The monoisotopic (exact) mass is 413 g/mol. The molecule has 0 amide bonds. The van der Waals surface area contributed by atoms with Gasteiger partial charge in [-0.3, -0.25) is 10.00 Å². The smallest absolute Gasteiger partial charge is 0.134 e. The second-order valence-electron chi connectivity index (χ2n) is 7.54. The third-order valence-corrected chi connectivity index (χ3v) is 5.72. The molecule has 1 saturated heterocycles. The molecule has 1 aliphatic heterocycles. The van der Waals surface area contributed by atoms with Gasteiger partial charge < -0.3 is 9.47 Å². The number of rotatable bonds is 6. The van der Waals surface area contributed by atoms with Gasteiger partial charge in [-0.15, -0.1) is 0 Å². The first-order chi connectivity index (χ1) is 14.6. The van der Waals surface area contributed by atoms with Crippen molar-refractivity contribution < 1.29 is 18.3 Å². The SMILES string of the molecule is COc1cccc(OC)c1CN1CCCC(c2[nH]ncc2-c2ccc(F)cc2F)C1. The Hall–Kier alpha value is -2.93. The number of aromatic nitrogens is 2. The zero-order valence-corrected chi connectivity index (χ0v) is 17.1. The van der Waals surface area contributed by atoms with Crippen molar-refractivity contribution in [2.45, 2.75) is 25.3 Å². The number of likely N-dealkylation sites (tertiary alicyclic amines) is 1. The van der Waals surface area contributed by atoms with Crippen LogP contribution in [0.4, 0.5) is 8.78 Å². The second-order valence-corrected chi connectivity index (χ2v) is 7.54. The van der Waals surface area contributed by atoms with Gasteiger partial charge in [-0.2, -0.15) is 5.10 Å². The van der Waals surface area contributed by atoms with E-state index in [-0.39, 0.29) is 5.92 Å². The molecule has 1 atom stereocenters. The average molecular weight is 413 g/mol. The first kappa shape index (κ1) is 20.3. The fraction of sp³-hybridized carbons (Fsp3) is 0.348. The lowest BCUT2D eigenvalue weighted by molar-refractivity contribution is 0.194. The average Bonchev–Trinajstić information content (AvgIpc) is 3.23. The van der Waals surface area contributed by atoms with Crippen molar-refractivity contribution in [3.05, 3.63) is 65.5 Å². The van der Waals surface area contributed by atoms with E-state index < -0.39 is 11.6 Å². The molecular weight excluding hydrogens is 388 g/mol. The van der Waals surface area contributed by atoms with E-state index in [0.717, 1.165) is 54.8 Å². The van der Waals surface area contributed by atoms with Crippen LogP contribution < -0.4 is 9.47 Å². The highest BCUT2D eigenvalue weighted by atomic mass is 19.1. The number of H-pyrrole nitrogens is 1. The lowest BCUT2D eigenvalue weighted by atomic mass is 9.90. The van der Waals surface area contributed by atoms with E-state index in [1.807, 2.05) is 18.2 Å². The molecule has 1 aliphatic rings. The number of nitrogens with one attached hydrogen (secondary N) is 1. The van der Waals surface area contributed by atoms with Gasteiger partial charge in [0.05, 0.1) is 26.0 Å². The zero-order chi connectivity index (χ0) is 21.1. The number of aromatic amines is 1. The van der Waals surface area contributed by atoms with Crippen LogP contribution in [0.5, 0.6) is 11.5 Å². The van der Waals surface area contributed by atoms with Gasteiger partial charge in [0.1, 0.15) is 23.1 Å². The molecule has 1 fully saturated rings. The maximum absolute atomic E-state index is 14.4. The topological polar surface area (TPSA) is 50.4 Å². The van der Waals surface area contributed by atoms with E-state index in [1.165, 1.54) is 12.1 Å². The molecule has 158 valence electrons. The fourth-order valence-corrected chi connectivity index (χ4v) is 4.27. The molecule has 0 radical (unpaired) electrons. The van der Waals surface area contributed by atoms with Crippen LogP contribution in [-0.4, -0.2) is 42.4 Å². The Morgan fingerprint density at radius 2 is 1.87 bits per heavy atom. The Labute approximate surface area is 174 Å².